The number of piperidine rings is 1. The van der Waals surface area contributed by atoms with Gasteiger partial charge in [0.25, 0.3) is 5.91 Å². The van der Waals surface area contributed by atoms with E-state index < -0.39 is 17.6 Å². The minimum absolute atomic E-state index is 0.105. The number of nitrogens with one attached hydrogen (secondary N) is 1. The first-order chi connectivity index (χ1) is 15.3. The highest BCUT2D eigenvalue weighted by Gasteiger charge is 2.54. The van der Waals surface area contributed by atoms with Crippen molar-refractivity contribution in [2.75, 3.05) is 26.2 Å². The van der Waals surface area contributed by atoms with E-state index in [1.54, 1.807) is 4.90 Å². The molecule has 2 heterocycles. The number of hydrogen-bond donors (Lipinski definition) is 1. The van der Waals surface area contributed by atoms with Crippen molar-refractivity contribution in [3.63, 3.8) is 0 Å². The van der Waals surface area contributed by atoms with Gasteiger partial charge in [0.05, 0.1) is 6.61 Å². The molecule has 1 aliphatic carbocycles. The Balaban J connectivity index is 1.55. The van der Waals surface area contributed by atoms with E-state index in [1.165, 1.54) is 24.3 Å². The number of benzene rings is 1. The van der Waals surface area contributed by atoms with E-state index in [0.29, 0.717) is 38.0 Å². The molecule has 1 atom stereocenters. The zero-order valence-electron chi connectivity index (χ0n) is 18.8. The van der Waals surface area contributed by atoms with Crippen LogP contribution in [0.4, 0.5) is 4.39 Å². The third-order valence-corrected chi connectivity index (χ3v) is 6.87. The maximum absolute atomic E-state index is 13.5. The topological polar surface area (TPSA) is 79.0 Å². The Labute approximate surface area is 188 Å². The fraction of sp³-hybridized carbons (Fsp3) is 0.625. The van der Waals surface area contributed by atoms with E-state index in [4.69, 9.17) is 4.74 Å². The molecular formula is C24H32FN3O4. The Morgan fingerprint density at radius 2 is 1.81 bits per heavy atom. The second kappa shape index (κ2) is 9.17. The molecule has 0 radical (unpaired) electrons. The summed E-state index contributed by atoms with van der Waals surface area (Å²) in [6, 6.07) is 4.58. The normalized spacial score (nSPS) is 22.8. The molecule has 1 aromatic carbocycles. The number of ether oxygens (including phenoxy) is 1. The Bertz CT molecular complexity index is 861. The number of nitrogens with zero attached hydrogens (tertiary/aromatic N) is 2. The summed E-state index contributed by atoms with van der Waals surface area (Å²) in [4.78, 5) is 42.6. The number of hydrogen-bond acceptors (Lipinski definition) is 4. The van der Waals surface area contributed by atoms with E-state index >= 15 is 0 Å². The molecular weight excluding hydrogens is 413 g/mol. The number of amides is 3. The van der Waals surface area contributed by atoms with Gasteiger partial charge in [-0.2, -0.15) is 0 Å². The smallest absolute Gasteiger partial charge is 0.256 e. The molecule has 32 heavy (non-hydrogen) atoms. The molecule has 0 bridgehead atoms. The average molecular weight is 446 g/mol. The lowest BCUT2D eigenvalue weighted by molar-refractivity contribution is -0.149. The van der Waals surface area contributed by atoms with Gasteiger partial charge in [-0.05, 0) is 43.0 Å². The van der Waals surface area contributed by atoms with Crippen LogP contribution in [0, 0.1) is 17.7 Å². The number of halogens is 1. The third kappa shape index (κ3) is 4.37. The summed E-state index contributed by atoms with van der Waals surface area (Å²) in [7, 11) is 0. The summed E-state index contributed by atoms with van der Waals surface area (Å²) in [6.45, 7) is 5.59. The van der Waals surface area contributed by atoms with Gasteiger partial charge >= 0.3 is 0 Å². The summed E-state index contributed by atoms with van der Waals surface area (Å²) in [5, 5.41) is 2.91. The average Bonchev–Trinajstić information content (AvgIpc) is 3.10. The molecule has 0 aromatic heterocycles. The second-order valence-electron chi connectivity index (χ2n) is 9.55. The molecule has 2 aliphatic heterocycles. The quantitative estimate of drug-likeness (QED) is 0.756. The van der Waals surface area contributed by atoms with Crippen LogP contribution >= 0.6 is 0 Å². The largest absolute Gasteiger partial charge is 0.354 e. The minimum Gasteiger partial charge on any atom is -0.354 e. The Morgan fingerprint density at radius 1 is 1.16 bits per heavy atom. The van der Waals surface area contributed by atoms with Crippen LogP contribution in [0.5, 0.6) is 0 Å². The molecule has 7 nitrogen and oxygen atoms in total. The third-order valence-electron chi connectivity index (χ3n) is 6.87. The van der Waals surface area contributed by atoms with Gasteiger partial charge in [0.1, 0.15) is 17.6 Å². The highest BCUT2D eigenvalue weighted by atomic mass is 19.1. The zero-order valence-corrected chi connectivity index (χ0v) is 18.8. The van der Waals surface area contributed by atoms with Crippen LogP contribution in [-0.4, -0.2) is 65.5 Å². The minimum atomic E-state index is -0.943. The summed E-state index contributed by atoms with van der Waals surface area (Å²) >= 11 is 0. The van der Waals surface area contributed by atoms with Crippen molar-refractivity contribution in [1.82, 2.24) is 15.1 Å². The fourth-order valence-corrected chi connectivity index (χ4v) is 4.71. The molecule has 8 heteroatoms. The monoisotopic (exact) mass is 445 g/mol. The molecule has 3 amide bonds. The van der Waals surface area contributed by atoms with Crippen LogP contribution in [0.1, 0.15) is 56.3 Å². The molecule has 4 rings (SSSR count). The molecule has 3 aliphatic rings. The van der Waals surface area contributed by atoms with Crippen LogP contribution in [0.15, 0.2) is 24.3 Å². The van der Waals surface area contributed by atoms with Gasteiger partial charge in [0, 0.05) is 44.0 Å². The van der Waals surface area contributed by atoms with Gasteiger partial charge < -0.3 is 15.0 Å². The van der Waals surface area contributed by atoms with Crippen LogP contribution in [-0.2, 0) is 14.3 Å². The van der Waals surface area contributed by atoms with Crippen LogP contribution in [0.2, 0.25) is 0 Å². The van der Waals surface area contributed by atoms with Crippen molar-refractivity contribution in [3.8, 4) is 0 Å². The van der Waals surface area contributed by atoms with Crippen molar-refractivity contribution < 1.29 is 23.5 Å². The number of likely N-dealkylation sites (tertiary alicyclic amines) is 1. The van der Waals surface area contributed by atoms with E-state index in [2.05, 4.69) is 5.32 Å². The lowest BCUT2D eigenvalue weighted by Gasteiger charge is -2.45. The second-order valence-corrected chi connectivity index (χ2v) is 9.55. The predicted molar refractivity (Wildman–Crippen MR) is 116 cm³/mol. The standard InChI is InChI=1S/C24H32FN3O4/c1-16(2)14-26-21(29)20-15-32-24(28(20)23(31)18-6-8-19(25)9-7-18)10-12-27(13-11-24)22(30)17-4-3-5-17/h6-9,16-17,20H,3-5,10-15H2,1-2H3,(H,26,29). The summed E-state index contributed by atoms with van der Waals surface area (Å²) in [5.74, 6) is -0.447. The van der Waals surface area contributed by atoms with Crippen molar-refractivity contribution >= 4 is 17.7 Å². The van der Waals surface area contributed by atoms with Gasteiger partial charge in [-0.3, -0.25) is 19.3 Å². The summed E-state index contributed by atoms with van der Waals surface area (Å²) < 4.78 is 19.6. The molecule has 3 fully saturated rings. The first-order valence-electron chi connectivity index (χ1n) is 11.6. The summed E-state index contributed by atoms with van der Waals surface area (Å²) in [6.07, 6.45) is 3.90. The predicted octanol–water partition coefficient (Wildman–Crippen LogP) is 2.56. The summed E-state index contributed by atoms with van der Waals surface area (Å²) in [5.41, 5.74) is -0.632. The lowest BCUT2D eigenvalue weighted by Crippen LogP contribution is -2.60. The Hall–Kier alpha value is -2.48. The highest BCUT2D eigenvalue weighted by Crippen LogP contribution is 2.39. The van der Waals surface area contributed by atoms with Crippen molar-refractivity contribution in [2.24, 2.45) is 11.8 Å². The molecule has 1 aromatic rings. The van der Waals surface area contributed by atoms with Crippen molar-refractivity contribution in [2.45, 2.75) is 57.7 Å². The molecule has 2 saturated heterocycles. The molecule has 1 saturated carbocycles. The highest BCUT2D eigenvalue weighted by molar-refractivity contribution is 5.98. The molecule has 1 spiro atoms. The van der Waals surface area contributed by atoms with Gasteiger partial charge in [0.15, 0.2) is 0 Å². The van der Waals surface area contributed by atoms with Crippen molar-refractivity contribution in [3.05, 3.63) is 35.6 Å². The number of carbonyl (C=O) groups is 3. The Morgan fingerprint density at radius 3 is 2.38 bits per heavy atom. The number of carbonyl (C=O) groups excluding carboxylic acids is 3. The molecule has 174 valence electrons. The van der Waals surface area contributed by atoms with Crippen LogP contribution in [0.25, 0.3) is 0 Å². The van der Waals surface area contributed by atoms with Gasteiger partial charge in [0.2, 0.25) is 11.8 Å². The van der Waals surface area contributed by atoms with Gasteiger partial charge in [-0.1, -0.05) is 20.3 Å². The van der Waals surface area contributed by atoms with Crippen LogP contribution < -0.4 is 5.32 Å². The SMILES string of the molecule is CC(C)CNC(=O)C1COC2(CCN(C(=O)C3CCC3)CC2)N1C(=O)c1ccc(F)cc1. The first-order valence-corrected chi connectivity index (χ1v) is 11.6. The van der Waals surface area contributed by atoms with Gasteiger partial charge in [-0.15, -0.1) is 0 Å². The molecule has 1 N–H and O–H groups in total. The zero-order chi connectivity index (χ0) is 22.9. The lowest BCUT2D eigenvalue weighted by atomic mass is 9.83. The maximum Gasteiger partial charge on any atom is 0.256 e. The Kier molecular flexibility index (Phi) is 6.51. The molecule has 1 unspecified atom stereocenters. The first kappa shape index (κ1) is 22.7. The van der Waals surface area contributed by atoms with Crippen LogP contribution in [0.3, 0.4) is 0 Å². The fourth-order valence-electron chi connectivity index (χ4n) is 4.71. The maximum atomic E-state index is 13.5. The van der Waals surface area contributed by atoms with E-state index in [0.717, 1.165) is 19.3 Å². The number of rotatable bonds is 5. The van der Waals surface area contributed by atoms with E-state index in [1.807, 2.05) is 18.7 Å². The van der Waals surface area contributed by atoms with Gasteiger partial charge in [-0.25, -0.2) is 4.39 Å². The van der Waals surface area contributed by atoms with E-state index in [-0.39, 0.29) is 36.2 Å². The van der Waals surface area contributed by atoms with E-state index in [9.17, 15) is 18.8 Å². The van der Waals surface area contributed by atoms with Crippen molar-refractivity contribution in [1.29, 1.82) is 0 Å².